The van der Waals surface area contributed by atoms with Gasteiger partial charge in [0, 0.05) is 18.2 Å². The molecule has 1 N–H and O–H groups in total. The highest BCUT2D eigenvalue weighted by atomic mass is 16.3. The van der Waals surface area contributed by atoms with Crippen LogP contribution in [-0.4, -0.2) is 31.1 Å². The molecule has 0 spiro atoms. The third-order valence-corrected chi connectivity index (χ3v) is 3.92. The van der Waals surface area contributed by atoms with Crippen molar-refractivity contribution in [2.75, 3.05) is 20.1 Å². The molecule has 0 aromatic carbocycles. The number of nitrogens with zero attached hydrogens (tertiary/aromatic N) is 1. The van der Waals surface area contributed by atoms with Crippen molar-refractivity contribution in [1.82, 2.24) is 10.2 Å². The van der Waals surface area contributed by atoms with Crippen molar-refractivity contribution >= 4 is 0 Å². The first-order valence-electron chi connectivity index (χ1n) is 7.35. The second-order valence-corrected chi connectivity index (χ2v) is 6.19. The maximum absolute atomic E-state index is 5.36. The van der Waals surface area contributed by atoms with E-state index in [1.165, 1.54) is 5.56 Å². The zero-order chi connectivity index (χ0) is 14.4. The van der Waals surface area contributed by atoms with Gasteiger partial charge in [-0.25, -0.2) is 0 Å². The number of hydrogen-bond donors (Lipinski definition) is 1. The summed E-state index contributed by atoms with van der Waals surface area (Å²) in [5.41, 5.74) is 1.29. The summed E-state index contributed by atoms with van der Waals surface area (Å²) in [4.78, 5) is 2.40. The molecule has 1 aromatic rings. The van der Waals surface area contributed by atoms with Crippen molar-refractivity contribution < 1.29 is 4.42 Å². The second-order valence-electron chi connectivity index (χ2n) is 6.19. The Bertz CT molecular complexity index is 359. The Morgan fingerprint density at radius 1 is 1.21 bits per heavy atom. The van der Waals surface area contributed by atoms with Crippen LogP contribution in [0, 0.1) is 18.8 Å². The quantitative estimate of drug-likeness (QED) is 0.782. The molecule has 0 radical (unpaired) electrons. The monoisotopic (exact) mass is 266 g/mol. The van der Waals surface area contributed by atoms with Gasteiger partial charge >= 0.3 is 0 Å². The molecule has 3 nitrogen and oxygen atoms in total. The number of rotatable bonds is 8. The van der Waals surface area contributed by atoms with Gasteiger partial charge in [-0.05, 0) is 51.9 Å². The molecule has 0 saturated heterocycles. The van der Waals surface area contributed by atoms with Crippen LogP contribution in [0.5, 0.6) is 0 Å². The van der Waals surface area contributed by atoms with Gasteiger partial charge in [-0.1, -0.05) is 20.8 Å². The van der Waals surface area contributed by atoms with E-state index in [1.54, 1.807) is 6.26 Å². The van der Waals surface area contributed by atoms with Crippen LogP contribution in [0.15, 0.2) is 16.7 Å². The maximum atomic E-state index is 5.36. The van der Waals surface area contributed by atoms with E-state index in [2.05, 4.69) is 51.0 Å². The summed E-state index contributed by atoms with van der Waals surface area (Å²) in [6, 6.07) is 2.62. The van der Waals surface area contributed by atoms with Crippen LogP contribution in [0.3, 0.4) is 0 Å². The van der Waals surface area contributed by atoms with Crippen LogP contribution in [-0.2, 0) is 6.54 Å². The topological polar surface area (TPSA) is 28.4 Å². The van der Waals surface area contributed by atoms with E-state index < -0.39 is 0 Å². The summed E-state index contributed by atoms with van der Waals surface area (Å²) in [5, 5.41) is 3.55. The minimum Gasteiger partial charge on any atom is -0.469 e. The molecule has 110 valence electrons. The fraction of sp³-hybridized carbons (Fsp3) is 0.750. The van der Waals surface area contributed by atoms with Crippen molar-refractivity contribution in [3.05, 3.63) is 23.7 Å². The Balaban J connectivity index is 2.38. The third kappa shape index (κ3) is 5.37. The highest BCUT2D eigenvalue weighted by molar-refractivity contribution is 5.15. The van der Waals surface area contributed by atoms with Gasteiger partial charge in [0.15, 0.2) is 0 Å². The Labute approximate surface area is 118 Å². The highest BCUT2D eigenvalue weighted by Crippen LogP contribution is 2.15. The van der Waals surface area contributed by atoms with Crippen LogP contribution in [0.25, 0.3) is 0 Å². The Kier molecular flexibility index (Phi) is 6.59. The van der Waals surface area contributed by atoms with E-state index in [1.807, 2.05) is 6.92 Å². The van der Waals surface area contributed by atoms with E-state index in [0.717, 1.165) is 25.4 Å². The van der Waals surface area contributed by atoms with E-state index in [9.17, 15) is 0 Å². The van der Waals surface area contributed by atoms with Gasteiger partial charge in [-0.3, -0.25) is 4.90 Å². The van der Waals surface area contributed by atoms with Gasteiger partial charge in [0.05, 0.1) is 6.26 Å². The van der Waals surface area contributed by atoms with Crippen LogP contribution in [0.4, 0.5) is 0 Å². The lowest BCUT2D eigenvalue weighted by Crippen LogP contribution is -2.39. The lowest BCUT2D eigenvalue weighted by Gasteiger charge is -2.30. The first kappa shape index (κ1) is 16.3. The lowest BCUT2D eigenvalue weighted by molar-refractivity contribution is 0.187. The predicted molar refractivity (Wildman–Crippen MR) is 81.2 cm³/mol. The fourth-order valence-corrected chi connectivity index (χ4v) is 2.19. The molecular weight excluding hydrogens is 236 g/mol. The second kappa shape index (κ2) is 7.71. The predicted octanol–water partition coefficient (Wildman–Crippen LogP) is 3.29. The van der Waals surface area contributed by atoms with Gasteiger partial charge in [-0.2, -0.15) is 0 Å². The lowest BCUT2D eigenvalue weighted by atomic mass is 10.0. The largest absolute Gasteiger partial charge is 0.469 e. The maximum Gasteiger partial charge on any atom is 0.105 e. The van der Waals surface area contributed by atoms with E-state index >= 15 is 0 Å². The van der Waals surface area contributed by atoms with Crippen LogP contribution < -0.4 is 5.32 Å². The summed E-state index contributed by atoms with van der Waals surface area (Å²) in [6.07, 6.45) is 1.77. The molecule has 0 aliphatic carbocycles. The zero-order valence-corrected chi connectivity index (χ0v) is 13.4. The molecule has 0 saturated carbocycles. The van der Waals surface area contributed by atoms with Gasteiger partial charge in [-0.15, -0.1) is 0 Å². The number of aryl methyl sites for hydroxylation is 1. The summed E-state index contributed by atoms with van der Waals surface area (Å²) in [6.45, 7) is 14.3. The molecule has 0 amide bonds. The van der Waals surface area contributed by atoms with E-state index in [0.29, 0.717) is 17.9 Å². The summed E-state index contributed by atoms with van der Waals surface area (Å²) >= 11 is 0. The molecule has 0 bridgehead atoms. The first-order valence-corrected chi connectivity index (χ1v) is 7.35. The Morgan fingerprint density at radius 2 is 1.89 bits per heavy atom. The fourth-order valence-electron chi connectivity index (χ4n) is 2.19. The smallest absolute Gasteiger partial charge is 0.105 e. The van der Waals surface area contributed by atoms with Crippen molar-refractivity contribution in [2.45, 2.75) is 47.2 Å². The summed E-state index contributed by atoms with van der Waals surface area (Å²) < 4.78 is 5.36. The zero-order valence-electron chi connectivity index (χ0n) is 13.4. The number of nitrogens with one attached hydrogen (secondary N) is 1. The average Bonchev–Trinajstić information content (AvgIpc) is 2.73. The normalized spacial score (nSPS) is 15.2. The molecule has 1 heterocycles. The minimum atomic E-state index is 0.550. The summed E-state index contributed by atoms with van der Waals surface area (Å²) in [5.74, 6) is 2.38. The Morgan fingerprint density at radius 3 is 2.42 bits per heavy atom. The standard InChI is InChI=1S/C16H30N2O/c1-12(2)9-17-10-13(3)14(4)18(6)11-16-7-8-19-15(16)5/h7-8,12-14,17H,9-11H2,1-6H3. The average molecular weight is 266 g/mol. The van der Waals surface area contributed by atoms with E-state index in [-0.39, 0.29) is 0 Å². The van der Waals surface area contributed by atoms with Gasteiger partial charge in [0.1, 0.15) is 5.76 Å². The minimum absolute atomic E-state index is 0.550. The van der Waals surface area contributed by atoms with Crippen LogP contribution in [0.2, 0.25) is 0 Å². The van der Waals surface area contributed by atoms with Gasteiger partial charge < -0.3 is 9.73 Å². The van der Waals surface area contributed by atoms with Crippen molar-refractivity contribution in [3.8, 4) is 0 Å². The highest BCUT2D eigenvalue weighted by Gasteiger charge is 2.18. The van der Waals surface area contributed by atoms with Crippen LogP contribution >= 0.6 is 0 Å². The SMILES string of the molecule is Cc1occc1CN(C)C(C)C(C)CNCC(C)C. The van der Waals surface area contributed by atoms with Crippen LogP contribution in [0.1, 0.15) is 39.0 Å². The van der Waals surface area contributed by atoms with Crippen molar-refractivity contribution in [3.63, 3.8) is 0 Å². The molecule has 1 aromatic heterocycles. The molecule has 2 atom stereocenters. The number of hydrogen-bond acceptors (Lipinski definition) is 3. The van der Waals surface area contributed by atoms with Crippen molar-refractivity contribution in [1.29, 1.82) is 0 Å². The molecule has 19 heavy (non-hydrogen) atoms. The molecule has 2 unspecified atom stereocenters. The molecule has 1 rings (SSSR count). The molecule has 0 aliphatic heterocycles. The summed E-state index contributed by atoms with van der Waals surface area (Å²) in [7, 11) is 2.19. The van der Waals surface area contributed by atoms with E-state index in [4.69, 9.17) is 4.42 Å². The third-order valence-electron chi connectivity index (χ3n) is 3.92. The molecule has 0 aliphatic rings. The molecule has 0 fully saturated rings. The van der Waals surface area contributed by atoms with Crippen molar-refractivity contribution in [2.24, 2.45) is 11.8 Å². The van der Waals surface area contributed by atoms with Gasteiger partial charge in [0.2, 0.25) is 0 Å². The number of furan rings is 1. The first-order chi connectivity index (χ1) is 8.91. The molecular formula is C16H30N2O. The Hall–Kier alpha value is -0.800. The molecule has 3 heteroatoms. The van der Waals surface area contributed by atoms with Gasteiger partial charge in [0.25, 0.3) is 0 Å².